The molecule has 0 amide bonds. The lowest BCUT2D eigenvalue weighted by Gasteiger charge is -2.38. The van der Waals surface area contributed by atoms with Crippen molar-refractivity contribution in [3.05, 3.63) is 71.4 Å². The Kier molecular flexibility index (Phi) is 5.11. The van der Waals surface area contributed by atoms with Gasteiger partial charge in [-0.15, -0.1) is 0 Å². The molecule has 0 radical (unpaired) electrons. The second kappa shape index (κ2) is 7.72. The molecule has 1 unspecified atom stereocenters. The average Bonchev–Trinajstić information content (AvgIpc) is 3.12. The van der Waals surface area contributed by atoms with Crippen LogP contribution >= 0.6 is 0 Å². The second-order valence-electron chi connectivity index (χ2n) is 7.07. The zero-order chi connectivity index (χ0) is 20.4. The van der Waals surface area contributed by atoms with Crippen molar-refractivity contribution in [3.63, 3.8) is 0 Å². The number of aromatic nitrogens is 1. The molecular weight excluding hydrogens is 368 g/mol. The van der Waals surface area contributed by atoms with Gasteiger partial charge in [0, 0.05) is 23.0 Å². The largest absolute Gasteiger partial charge is 0.464 e. The van der Waals surface area contributed by atoms with Crippen molar-refractivity contribution < 1.29 is 19.1 Å². The van der Waals surface area contributed by atoms with E-state index in [9.17, 15) is 9.59 Å². The molecule has 2 N–H and O–H groups in total. The lowest BCUT2D eigenvalue weighted by atomic mass is 9.81. The van der Waals surface area contributed by atoms with Gasteiger partial charge in [0.25, 0.3) is 0 Å². The van der Waals surface area contributed by atoms with Crippen LogP contribution in [0.15, 0.2) is 54.6 Å². The molecule has 3 aromatic rings. The van der Waals surface area contributed by atoms with Crippen LogP contribution in [0, 0.1) is 0 Å². The summed E-state index contributed by atoms with van der Waals surface area (Å²) in [7, 11) is 0. The Balaban J connectivity index is 1.93. The van der Waals surface area contributed by atoms with Crippen molar-refractivity contribution in [3.8, 4) is 0 Å². The van der Waals surface area contributed by atoms with E-state index >= 15 is 0 Å². The van der Waals surface area contributed by atoms with Crippen LogP contribution in [0.3, 0.4) is 0 Å². The second-order valence-corrected chi connectivity index (χ2v) is 7.07. The van der Waals surface area contributed by atoms with E-state index in [1.54, 1.807) is 13.8 Å². The molecule has 1 aliphatic heterocycles. The number of para-hydroxylation sites is 1. The molecule has 4 rings (SSSR count). The van der Waals surface area contributed by atoms with Crippen molar-refractivity contribution in [1.29, 1.82) is 0 Å². The Bertz CT molecular complexity index is 1020. The van der Waals surface area contributed by atoms with Gasteiger partial charge in [-0.25, -0.2) is 9.59 Å². The lowest BCUT2D eigenvalue weighted by molar-refractivity contribution is -0.167. The maximum absolute atomic E-state index is 13.1. The first-order valence-electron chi connectivity index (χ1n) is 9.87. The summed E-state index contributed by atoms with van der Waals surface area (Å²) in [6.07, 6.45) is 0.160. The summed E-state index contributed by atoms with van der Waals surface area (Å²) < 4.78 is 10.7. The fourth-order valence-electron chi connectivity index (χ4n) is 4.04. The topological polar surface area (TPSA) is 80.4 Å². The third kappa shape index (κ3) is 3.19. The first-order chi connectivity index (χ1) is 14.1. The Morgan fingerprint density at radius 1 is 0.966 bits per heavy atom. The zero-order valence-electron chi connectivity index (χ0n) is 16.5. The highest BCUT2D eigenvalue weighted by atomic mass is 16.6. The van der Waals surface area contributed by atoms with Gasteiger partial charge in [0.05, 0.1) is 19.3 Å². The standard InChI is InChI=1S/C23H24N2O4/c1-3-28-21(26)23(22(27)29-4-2)14-17-16-12-8-9-13-18(16)24-20(17)19(25-23)15-10-6-5-7-11-15/h5-13,19,24-25H,3-4,14H2,1-2H3. The molecule has 6 nitrogen and oxygen atoms in total. The first kappa shape index (κ1) is 19.2. The van der Waals surface area contributed by atoms with Crippen molar-refractivity contribution in [2.75, 3.05) is 13.2 Å². The summed E-state index contributed by atoms with van der Waals surface area (Å²) in [5, 5.41) is 4.28. The van der Waals surface area contributed by atoms with Gasteiger partial charge in [-0.2, -0.15) is 0 Å². The SMILES string of the molecule is CCOC(=O)C1(C(=O)OCC)Cc2c([nH]c3ccccc23)C(c2ccccc2)N1. The summed E-state index contributed by atoms with van der Waals surface area (Å²) in [5.41, 5.74) is 2.17. The highest BCUT2D eigenvalue weighted by Gasteiger charge is 2.54. The number of hydrogen-bond acceptors (Lipinski definition) is 5. The number of rotatable bonds is 5. The molecule has 2 heterocycles. The van der Waals surface area contributed by atoms with E-state index in [4.69, 9.17) is 9.47 Å². The average molecular weight is 392 g/mol. The molecule has 29 heavy (non-hydrogen) atoms. The Morgan fingerprint density at radius 2 is 1.59 bits per heavy atom. The van der Waals surface area contributed by atoms with E-state index in [2.05, 4.69) is 10.3 Å². The minimum Gasteiger partial charge on any atom is -0.464 e. The number of H-pyrrole nitrogens is 1. The molecule has 0 bridgehead atoms. The number of ether oxygens (including phenoxy) is 2. The summed E-state index contributed by atoms with van der Waals surface area (Å²) in [6, 6.07) is 17.3. The smallest absolute Gasteiger partial charge is 0.338 e. The fourth-order valence-corrected chi connectivity index (χ4v) is 4.04. The number of benzene rings is 2. The van der Waals surface area contributed by atoms with Crippen molar-refractivity contribution in [1.82, 2.24) is 10.3 Å². The molecule has 2 aromatic carbocycles. The summed E-state index contributed by atoms with van der Waals surface area (Å²) in [4.78, 5) is 29.6. The minimum atomic E-state index is -1.61. The Labute approximate surface area is 169 Å². The van der Waals surface area contributed by atoms with Crippen LogP contribution in [0.1, 0.15) is 36.7 Å². The van der Waals surface area contributed by atoms with Crippen LogP contribution in [0.5, 0.6) is 0 Å². The lowest BCUT2D eigenvalue weighted by Crippen LogP contribution is -2.64. The summed E-state index contributed by atoms with van der Waals surface area (Å²) >= 11 is 0. The molecular formula is C23H24N2O4. The number of carbonyl (C=O) groups excluding carboxylic acids is 2. The van der Waals surface area contributed by atoms with Gasteiger partial charge in [-0.1, -0.05) is 48.5 Å². The number of esters is 2. The van der Waals surface area contributed by atoms with Crippen LogP contribution in [-0.2, 0) is 25.5 Å². The van der Waals surface area contributed by atoms with Gasteiger partial charge < -0.3 is 14.5 Å². The van der Waals surface area contributed by atoms with Crippen LogP contribution in [0.2, 0.25) is 0 Å². The molecule has 150 valence electrons. The van der Waals surface area contributed by atoms with Gasteiger partial charge >= 0.3 is 11.9 Å². The monoisotopic (exact) mass is 392 g/mol. The third-order valence-electron chi connectivity index (χ3n) is 5.35. The highest BCUT2D eigenvalue weighted by molar-refractivity contribution is 6.06. The zero-order valence-corrected chi connectivity index (χ0v) is 16.5. The Hall–Kier alpha value is -3.12. The predicted molar refractivity (Wildman–Crippen MR) is 109 cm³/mol. The molecule has 1 aliphatic rings. The van der Waals surface area contributed by atoms with Crippen LogP contribution in [-0.4, -0.2) is 35.7 Å². The van der Waals surface area contributed by atoms with Gasteiger partial charge in [0.2, 0.25) is 5.54 Å². The van der Waals surface area contributed by atoms with E-state index in [1.807, 2.05) is 54.6 Å². The Morgan fingerprint density at radius 3 is 2.24 bits per heavy atom. The molecule has 0 aliphatic carbocycles. The molecule has 0 saturated heterocycles. The third-order valence-corrected chi connectivity index (χ3v) is 5.35. The van der Waals surface area contributed by atoms with E-state index < -0.39 is 17.5 Å². The van der Waals surface area contributed by atoms with Gasteiger partial charge in [0.15, 0.2) is 0 Å². The van der Waals surface area contributed by atoms with Crippen LogP contribution in [0.25, 0.3) is 10.9 Å². The maximum Gasteiger partial charge on any atom is 0.338 e. The van der Waals surface area contributed by atoms with Gasteiger partial charge in [-0.3, -0.25) is 5.32 Å². The van der Waals surface area contributed by atoms with E-state index in [-0.39, 0.29) is 25.7 Å². The number of carbonyl (C=O) groups is 2. The van der Waals surface area contributed by atoms with E-state index in [0.717, 1.165) is 27.7 Å². The molecule has 1 aromatic heterocycles. The fraction of sp³-hybridized carbons (Fsp3) is 0.304. The minimum absolute atomic E-state index is 0.160. The highest BCUT2D eigenvalue weighted by Crippen LogP contribution is 2.39. The molecule has 0 spiro atoms. The van der Waals surface area contributed by atoms with Crippen LogP contribution in [0.4, 0.5) is 0 Å². The quantitative estimate of drug-likeness (QED) is 0.515. The number of aromatic amines is 1. The van der Waals surface area contributed by atoms with E-state index in [0.29, 0.717) is 0 Å². The number of nitrogens with one attached hydrogen (secondary N) is 2. The van der Waals surface area contributed by atoms with Crippen molar-refractivity contribution in [2.45, 2.75) is 31.8 Å². The molecule has 1 atom stereocenters. The molecule has 0 saturated carbocycles. The van der Waals surface area contributed by atoms with Gasteiger partial charge in [-0.05, 0) is 31.0 Å². The molecule has 0 fully saturated rings. The van der Waals surface area contributed by atoms with Crippen molar-refractivity contribution in [2.24, 2.45) is 0 Å². The molecule has 6 heteroatoms. The number of hydrogen-bond donors (Lipinski definition) is 2. The predicted octanol–water partition coefficient (Wildman–Crippen LogP) is 3.27. The normalized spacial score (nSPS) is 17.5. The number of fused-ring (bicyclic) bond motifs is 3. The van der Waals surface area contributed by atoms with E-state index in [1.165, 1.54) is 0 Å². The maximum atomic E-state index is 13.1. The first-order valence-corrected chi connectivity index (χ1v) is 9.87. The van der Waals surface area contributed by atoms with Crippen molar-refractivity contribution >= 4 is 22.8 Å². The summed E-state index contributed by atoms with van der Waals surface area (Å²) in [5.74, 6) is -1.23. The summed E-state index contributed by atoms with van der Waals surface area (Å²) in [6.45, 7) is 3.81. The van der Waals surface area contributed by atoms with Crippen LogP contribution < -0.4 is 5.32 Å². The van der Waals surface area contributed by atoms with Gasteiger partial charge in [0.1, 0.15) is 0 Å².